The quantitative estimate of drug-likeness (QED) is 0.699. The van der Waals surface area contributed by atoms with Crippen LogP contribution in [0.3, 0.4) is 0 Å². The maximum Gasteiger partial charge on any atom is 0.264 e. The Bertz CT molecular complexity index is 1070. The third-order valence-corrected chi connectivity index (χ3v) is 6.37. The second-order valence-electron chi connectivity index (χ2n) is 6.36. The van der Waals surface area contributed by atoms with Crippen LogP contribution in [-0.4, -0.2) is 39.3 Å². The molecule has 3 aromatic rings. The monoisotopic (exact) mass is 358 g/mol. The highest BCUT2D eigenvalue weighted by Gasteiger charge is 2.31. The van der Waals surface area contributed by atoms with E-state index in [2.05, 4.69) is 10.1 Å². The van der Waals surface area contributed by atoms with Gasteiger partial charge in [0.1, 0.15) is 5.39 Å². The molecule has 2 aromatic heterocycles. The van der Waals surface area contributed by atoms with Gasteiger partial charge in [-0.1, -0.05) is 30.3 Å². The molecule has 0 saturated carbocycles. The van der Waals surface area contributed by atoms with Crippen LogP contribution < -0.4 is 5.56 Å². The molecule has 1 fully saturated rings. The van der Waals surface area contributed by atoms with Crippen LogP contribution in [0, 0.1) is 0 Å². The smallest absolute Gasteiger partial charge is 0.264 e. The standard InChI is InChI=1S/C17H18N4O3S/c22-17-15-10-19-21(14-7-9-25(23,24)11-14)16(15)18-12-20(17)8-6-13-4-2-1-3-5-13/h1-5,10,12,14H,6-9,11H2. The maximum absolute atomic E-state index is 12.7. The predicted molar refractivity (Wildman–Crippen MR) is 94.2 cm³/mol. The van der Waals surface area contributed by atoms with Gasteiger partial charge in [0, 0.05) is 6.54 Å². The number of rotatable bonds is 4. The number of sulfone groups is 1. The fourth-order valence-corrected chi connectivity index (χ4v) is 4.95. The van der Waals surface area contributed by atoms with Crippen LogP contribution in [-0.2, 0) is 22.8 Å². The molecule has 3 heterocycles. The third kappa shape index (κ3) is 3.09. The summed E-state index contributed by atoms with van der Waals surface area (Å²) in [6.07, 6.45) is 4.27. The molecule has 25 heavy (non-hydrogen) atoms. The molecule has 0 bridgehead atoms. The van der Waals surface area contributed by atoms with E-state index in [1.54, 1.807) is 9.25 Å². The van der Waals surface area contributed by atoms with E-state index in [9.17, 15) is 13.2 Å². The first-order valence-electron chi connectivity index (χ1n) is 8.20. The Morgan fingerprint density at radius 1 is 1.20 bits per heavy atom. The van der Waals surface area contributed by atoms with Crippen molar-refractivity contribution in [3.05, 3.63) is 58.8 Å². The van der Waals surface area contributed by atoms with Crippen LogP contribution in [0.4, 0.5) is 0 Å². The van der Waals surface area contributed by atoms with E-state index in [4.69, 9.17) is 0 Å². The lowest BCUT2D eigenvalue weighted by atomic mass is 10.1. The van der Waals surface area contributed by atoms with Crippen LogP contribution in [0.5, 0.6) is 0 Å². The summed E-state index contributed by atoms with van der Waals surface area (Å²) in [5.74, 6) is 0.218. The first-order valence-corrected chi connectivity index (χ1v) is 10.0. The molecule has 0 radical (unpaired) electrons. The van der Waals surface area contributed by atoms with Gasteiger partial charge < -0.3 is 0 Å². The summed E-state index contributed by atoms with van der Waals surface area (Å²) < 4.78 is 26.5. The summed E-state index contributed by atoms with van der Waals surface area (Å²) in [4.78, 5) is 17.0. The maximum atomic E-state index is 12.7. The Morgan fingerprint density at radius 2 is 2.00 bits per heavy atom. The van der Waals surface area contributed by atoms with Crippen LogP contribution in [0.1, 0.15) is 18.0 Å². The third-order valence-electron chi connectivity index (χ3n) is 4.62. The van der Waals surface area contributed by atoms with E-state index >= 15 is 0 Å². The molecule has 7 nitrogen and oxygen atoms in total. The molecule has 1 unspecified atom stereocenters. The molecular formula is C17H18N4O3S. The summed E-state index contributed by atoms with van der Waals surface area (Å²) in [5, 5.41) is 4.67. The first-order chi connectivity index (χ1) is 12.0. The van der Waals surface area contributed by atoms with Gasteiger partial charge in [0.05, 0.1) is 30.1 Å². The Labute approximate surface area is 144 Å². The van der Waals surface area contributed by atoms with Gasteiger partial charge in [0.25, 0.3) is 5.56 Å². The molecule has 0 spiro atoms. The van der Waals surface area contributed by atoms with Crippen molar-refractivity contribution < 1.29 is 8.42 Å². The van der Waals surface area contributed by atoms with Crippen molar-refractivity contribution in [2.24, 2.45) is 0 Å². The Balaban J connectivity index is 1.62. The molecule has 0 aliphatic carbocycles. The average Bonchev–Trinajstić information content (AvgIpc) is 3.18. The second-order valence-corrected chi connectivity index (χ2v) is 8.59. The van der Waals surface area contributed by atoms with E-state index in [-0.39, 0.29) is 23.1 Å². The summed E-state index contributed by atoms with van der Waals surface area (Å²) in [5.41, 5.74) is 1.47. The van der Waals surface area contributed by atoms with Gasteiger partial charge in [0.15, 0.2) is 15.5 Å². The zero-order valence-electron chi connectivity index (χ0n) is 13.6. The number of hydrogen-bond donors (Lipinski definition) is 0. The van der Waals surface area contributed by atoms with E-state index in [0.29, 0.717) is 24.0 Å². The molecule has 4 rings (SSSR count). The molecular weight excluding hydrogens is 340 g/mol. The Kier molecular flexibility index (Phi) is 3.91. The van der Waals surface area contributed by atoms with E-state index in [1.807, 2.05) is 30.3 Å². The van der Waals surface area contributed by atoms with E-state index in [1.165, 1.54) is 12.5 Å². The number of hydrogen-bond acceptors (Lipinski definition) is 5. The van der Waals surface area contributed by atoms with Crippen molar-refractivity contribution in [3.8, 4) is 0 Å². The number of benzene rings is 1. The molecule has 1 aromatic carbocycles. The Hall–Kier alpha value is -2.48. The summed E-state index contributed by atoms with van der Waals surface area (Å²) >= 11 is 0. The molecule has 8 heteroatoms. The summed E-state index contributed by atoms with van der Waals surface area (Å²) in [6.45, 7) is 0.536. The molecule has 0 amide bonds. The molecule has 1 saturated heterocycles. The lowest BCUT2D eigenvalue weighted by molar-refractivity contribution is 0.511. The van der Waals surface area contributed by atoms with E-state index in [0.717, 1.165) is 12.0 Å². The van der Waals surface area contributed by atoms with Crippen LogP contribution in [0.2, 0.25) is 0 Å². The highest BCUT2D eigenvalue weighted by molar-refractivity contribution is 7.91. The van der Waals surface area contributed by atoms with Crippen molar-refractivity contribution in [2.45, 2.75) is 25.4 Å². The predicted octanol–water partition coefficient (Wildman–Crippen LogP) is 1.20. The SMILES string of the molecule is O=c1c2cnn(C3CCS(=O)(=O)C3)c2ncn1CCc1ccccc1. The zero-order chi connectivity index (χ0) is 17.4. The van der Waals surface area contributed by atoms with Crippen molar-refractivity contribution in [3.63, 3.8) is 0 Å². The number of fused-ring (bicyclic) bond motifs is 1. The Morgan fingerprint density at radius 3 is 2.72 bits per heavy atom. The summed E-state index contributed by atoms with van der Waals surface area (Å²) in [6, 6.07) is 9.71. The van der Waals surface area contributed by atoms with Gasteiger partial charge in [-0.25, -0.2) is 18.1 Å². The van der Waals surface area contributed by atoms with Crippen molar-refractivity contribution in [1.29, 1.82) is 0 Å². The topological polar surface area (TPSA) is 86.8 Å². The second kappa shape index (κ2) is 6.11. The van der Waals surface area contributed by atoms with Gasteiger partial charge in [-0.3, -0.25) is 9.36 Å². The van der Waals surface area contributed by atoms with E-state index < -0.39 is 9.84 Å². The first kappa shape index (κ1) is 16.0. The fourth-order valence-electron chi connectivity index (χ4n) is 3.26. The molecule has 1 atom stereocenters. The summed E-state index contributed by atoms with van der Waals surface area (Å²) in [7, 11) is -3.02. The highest BCUT2D eigenvalue weighted by atomic mass is 32.2. The lowest BCUT2D eigenvalue weighted by Gasteiger charge is -2.10. The molecule has 130 valence electrons. The van der Waals surface area contributed by atoms with Gasteiger partial charge >= 0.3 is 0 Å². The normalized spacial score (nSPS) is 19.4. The zero-order valence-corrected chi connectivity index (χ0v) is 14.4. The molecule has 1 aliphatic heterocycles. The highest BCUT2D eigenvalue weighted by Crippen LogP contribution is 2.25. The largest absolute Gasteiger partial charge is 0.298 e. The van der Waals surface area contributed by atoms with Crippen LogP contribution in [0.25, 0.3) is 11.0 Å². The molecule has 1 aliphatic rings. The molecule has 0 N–H and O–H groups in total. The fraction of sp³-hybridized carbons (Fsp3) is 0.353. The number of aryl methyl sites for hydroxylation is 2. The minimum absolute atomic E-state index is 0.0581. The van der Waals surface area contributed by atoms with Gasteiger partial charge in [0.2, 0.25) is 0 Å². The number of nitrogens with zero attached hydrogens (tertiary/aromatic N) is 4. The minimum atomic E-state index is -3.02. The van der Waals surface area contributed by atoms with Crippen molar-refractivity contribution >= 4 is 20.9 Å². The number of aromatic nitrogens is 4. The van der Waals surface area contributed by atoms with Crippen molar-refractivity contribution in [2.75, 3.05) is 11.5 Å². The van der Waals surface area contributed by atoms with Crippen LogP contribution in [0.15, 0.2) is 47.7 Å². The average molecular weight is 358 g/mol. The van der Waals surface area contributed by atoms with Crippen molar-refractivity contribution in [1.82, 2.24) is 19.3 Å². The van der Waals surface area contributed by atoms with Gasteiger partial charge in [-0.2, -0.15) is 5.10 Å². The lowest BCUT2D eigenvalue weighted by Crippen LogP contribution is -2.22. The van der Waals surface area contributed by atoms with Gasteiger partial charge in [-0.15, -0.1) is 0 Å². The minimum Gasteiger partial charge on any atom is -0.298 e. The van der Waals surface area contributed by atoms with Gasteiger partial charge in [-0.05, 0) is 18.4 Å². The van der Waals surface area contributed by atoms with Crippen LogP contribution >= 0.6 is 0 Å².